The third-order valence-electron chi connectivity index (χ3n) is 5.45. The Kier molecular flexibility index (Phi) is 7.55. The van der Waals surface area contributed by atoms with E-state index in [1.165, 1.54) is 6.33 Å². The molecule has 1 aromatic carbocycles. The number of aromatic nitrogens is 2. The highest BCUT2D eigenvalue weighted by molar-refractivity contribution is 5.68. The average molecular weight is 463 g/mol. The summed E-state index contributed by atoms with van der Waals surface area (Å²) in [7, 11) is 0. The predicted molar refractivity (Wildman–Crippen MR) is 125 cm³/mol. The van der Waals surface area contributed by atoms with Gasteiger partial charge in [-0.25, -0.2) is 23.5 Å². The molecule has 0 bridgehead atoms. The number of likely N-dealkylation sites (tertiary alicyclic amines) is 1. The number of carbonyl (C=O) groups excluding carboxylic acids is 1. The van der Waals surface area contributed by atoms with Crippen LogP contribution in [0.2, 0.25) is 0 Å². The molecule has 33 heavy (non-hydrogen) atoms. The number of ether oxygens (including phenoxy) is 1. The van der Waals surface area contributed by atoms with Crippen LogP contribution in [0.25, 0.3) is 0 Å². The fraction of sp³-hybridized carbons (Fsp3) is 0.522. The van der Waals surface area contributed by atoms with Gasteiger partial charge in [0.05, 0.1) is 11.4 Å². The number of rotatable bonds is 6. The van der Waals surface area contributed by atoms with Crippen molar-refractivity contribution >= 4 is 29.1 Å². The molecule has 180 valence electrons. The number of amides is 1. The van der Waals surface area contributed by atoms with Gasteiger partial charge in [-0.2, -0.15) is 0 Å². The predicted octanol–water partition coefficient (Wildman–Crippen LogP) is 4.55. The minimum Gasteiger partial charge on any atom is -0.444 e. The van der Waals surface area contributed by atoms with Gasteiger partial charge in [-0.15, -0.1) is 0 Å². The molecule has 1 aromatic heterocycles. The lowest BCUT2D eigenvalue weighted by Crippen LogP contribution is -2.43. The summed E-state index contributed by atoms with van der Waals surface area (Å²) in [6.45, 7) is 10.4. The molecule has 1 amide bonds. The van der Waals surface area contributed by atoms with Crippen LogP contribution >= 0.6 is 0 Å². The summed E-state index contributed by atoms with van der Waals surface area (Å²) >= 11 is 0. The summed E-state index contributed by atoms with van der Waals surface area (Å²) < 4.78 is 33.3. The van der Waals surface area contributed by atoms with E-state index < -0.39 is 17.2 Å². The van der Waals surface area contributed by atoms with Gasteiger partial charge in [-0.1, -0.05) is 0 Å². The van der Waals surface area contributed by atoms with Gasteiger partial charge >= 0.3 is 6.09 Å². The number of hydrogen-bond donors (Lipinski definition) is 2. The molecule has 10 heteroatoms. The number of nitrogens with zero attached hydrogens (tertiary/aromatic N) is 4. The second-order valence-corrected chi connectivity index (χ2v) is 9.19. The lowest BCUT2D eigenvalue weighted by molar-refractivity contribution is 0.0186. The summed E-state index contributed by atoms with van der Waals surface area (Å²) in [5.41, 5.74) is 4.59. The molecule has 0 unspecified atom stereocenters. The van der Waals surface area contributed by atoms with Gasteiger partial charge in [0.25, 0.3) is 0 Å². The quantitative estimate of drug-likeness (QED) is 0.608. The van der Waals surface area contributed by atoms with E-state index >= 15 is 0 Å². The van der Waals surface area contributed by atoms with Crippen LogP contribution in [-0.2, 0) is 4.74 Å². The topological polar surface area (TPSA) is 96.6 Å². The minimum absolute atomic E-state index is 0.0519. The van der Waals surface area contributed by atoms with Crippen LogP contribution in [0.15, 0.2) is 24.5 Å². The van der Waals surface area contributed by atoms with Crippen LogP contribution in [0.4, 0.5) is 36.6 Å². The van der Waals surface area contributed by atoms with Gasteiger partial charge in [-0.05, 0) is 46.5 Å². The van der Waals surface area contributed by atoms with Crippen LogP contribution in [-0.4, -0.2) is 52.7 Å². The van der Waals surface area contributed by atoms with Gasteiger partial charge in [0.1, 0.15) is 35.2 Å². The fourth-order valence-corrected chi connectivity index (χ4v) is 3.71. The number of nitrogens with one attached hydrogen (secondary N) is 1. The number of carbonyl (C=O) groups is 1. The van der Waals surface area contributed by atoms with Crippen molar-refractivity contribution in [3.8, 4) is 0 Å². The maximum atomic E-state index is 14.1. The molecule has 3 N–H and O–H groups in total. The molecule has 1 saturated heterocycles. The van der Waals surface area contributed by atoms with Crippen LogP contribution < -0.4 is 16.0 Å². The van der Waals surface area contributed by atoms with E-state index in [1.54, 1.807) is 11.0 Å². The number of piperidine rings is 1. The van der Waals surface area contributed by atoms with Crippen molar-refractivity contribution in [2.24, 2.45) is 5.92 Å². The average Bonchev–Trinajstić information content (AvgIpc) is 2.75. The monoisotopic (exact) mass is 462 g/mol. The van der Waals surface area contributed by atoms with E-state index in [2.05, 4.69) is 20.2 Å². The van der Waals surface area contributed by atoms with Crippen molar-refractivity contribution in [1.82, 2.24) is 14.9 Å². The van der Waals surface area contributed by atoms with Crippen molar-refractivity contribution in [3.63, 3.8) is 0 Å². The first-order chi connectivity index (χ1) is 15.6. The molecule has 0 spiro atoms. The first kappa shape index (κ1) is 24.5. The minimum atomic E-state index is -0.707. The first-order valence-electron chi connectivity index (χ1n) is 11.1. The number of benzene rings is 1. The number of anilines is 4. The highest BCUT2D eigenvalue weighted by Gasteiger charge is 2.28. The molecule has 1 aliphatic rings. The SMILES string of the molecule is CCN(CC1CCN(C(=O)OC(C)(C)C)CC1)c1cc(Nc2cc(F)c(N)cc2F)ncn1. The van der Waals surface area contributed by atoms with Gasteiger partial charge in [-0.3, -0.25) is 0 Å². The second-order valence-electron chi connectivity index (χ2n) is 9.19. The Labute approximate surface area is 193 Å². The Balaban J connectivity index is 1.61. The largest absolute Gasteiger partial charge is 0.444 e. The summed E-state index contributed by atoms with van der Waals surface area (Å²) in [6.07, 6.45) is 2.84. The van der Waals surface area contributed by atoms with E-state index in [0.29, 0.717) is 37.2 Å². The maximum absolute atomic E-state index is 14.1. The van der Waals surface area contributed by atoms with Crippen LogP contribution in [0.1, 0.15) is 40.5 Å². The van der Waals surface area contributed by atoms with Gasteiger partial charge in [0, 0.05) is 44.4 Å². The van der Waals surface area contributed by atoms with Crippen molar-refractivity contribution in [1.29, 1.82) is 0 Å². The van der Waals surface area contributed by atoms with Gasteiger partial charge in [0.15, 0.2) is 0 Å². The zero-order valence-electron chi connectivity index (χ0n) is 19.6. The van der Waals surface area contributed by atoms with E-state index in [4.69, 9.17) is 10.5 Å². The Hall–Kier alpha value is -3.17. The lowest BCUT2D eigenvalue weighted by Gasteiger charge is -2.35. The molecule has 1 aliphatic heterocycles. The zero-order chi connectivity index (χ0) is 24.2. The third-order valence-corrected chi connectivity index (χ3v) is 5.45. The summed E-state index contributed by atoms with van der Waals surface area (Å²) in [5, 5.41) is 2.79. The van der Waals surface area contributed by atoms with Crippen molar-refractivity contribution in [2.45, 2.75) is 46.1 Å². The zero-order valence-corrected chi connectivity index (χ0v) is 19.6. The number of nitrogens with two attached hydrogens (primary N) is 1. The highest BCUT2D eigenvalue weighted by Crippen LogP contribution is 2.26. The van der Waals surface area contributed by atoms with E-state index in [9.17, 15) is 13.6 Å². The second kappa shape index (κ2) is 10.2. The molecule has 1 fully saturated rings. The molecule has 2 aromatic rings. The van der Waals surface area contributed by atoms with Gasteiger partial charge < -0.3 is 25.6 Å². The van der Waals surface area contributed by atoms with Crippen molar-refractivity contribution < 1.29 is 18.3 Å². The van der Waals surface area contributed by atoms with Gasteiger partial charge in [0.2, 0.25) is 0 Å². The normalized spacial score (nSPS) is 14.8. The van der Waals surface area contributed by atoms with Crippen LogP contribution in [0.3, 0.4) is 0 Å². The number of hydrogen-bond acceptors (Lipinski definition) is 7. The van der Waals surface area contributed by atoms with E-state index in [-0.39, 0.29) is 17.5 Å². The molecule has 0 radical (unpaired) electrons. The summed E-state index contributed by atoms with van der Waals surface area (Å²) in [4.78, 5) is 24.6. The highest BCUT2D eigenvalue weighted by atomic mass is 19.1. The Morgan fingerprint density at radius 3 is 2.55 bits per heavy atom. The Morgan fingerprint density at radius 2 is 1.91 bits per heavy atom. The molecule has 0 saturated carbocycles. The lowest BCUT2D eigenvalue weighted by atomic mass is 9.96. The Bertz CT molecular complexity index is 974. The standard InChI is InChI=1S/C23H32F2N6O2/c1-5-30(13-15-6-8-31(9-7-15)22(32)33-23(2,3)4)21-12-20(27-14-28-21)29-19-11-16(24)18(26)10-17(19)25/h10-12,14-15H,5-9,13,26H2,1-4H3,(H,27,28,29). The van der Waals surface area contributed by atoms with Crippen molar-refractivity contribution in [3.05, 3.63) is 36.2 Å². The molecule has 8 nitrogen and oxygen atoms in total. The van der Waals surface area contributed by atoms with E-state index in [0.717, 1.165) is 31.5 Å². The molecule has 2 heterocycles. The summed E-state index contributed by atoms with van der Waals surface area (Å²) in [5.74, 6) is 0.0417. The number of halogens is 2. The molecule has 3 rings (SSSR count). The molecular formula is C23H32F2N6O2. The van der Waals surface area contributed by atoms with Crippen LogP contribution in [0, 0.1) is 17.6 Å². The molecular weight excluding hydrogens is 430 g/mol. The first-order valence-corrected chi connectivity index (χ1v) is 11.1. The smallest absolute Gasteiger partial charge is 0.410 e. The number of nitrogen functional groups attached to an aromatic ring is 1. The maximum Gasteiger partial charge on any atom is 0.410 e. The van der Waals surface area contributed by atoms with E-state index in [1.807, 2.05) is 27.7 Å². The fourth-order valence-electron chi connectivity index (χ4n) is 3.71. The molecule has 0 atom stereocenters. The third kappa shape index (κ3) is 6.66. The van der Waals surface area contributed by atoms with Crippen LogP contribution in [0.5, 0.6) is 0 Å². The summed E-state index contributed by atoms with van der Waals surface area (Å²) in [6, 6.07) is 3.64. The molecule has 0 aliphatic carbocycles. The van der Waals surface area contributed by atoms with Crippen molar-refractivity contribution in [2.75, 3.05) is 42.1 Å². The Morgan fingerprint density at radius 1 is 1.21 bits per heavy atom.